The van der Waals surface area contributed by atoms with Crippen LogP contribution >= 0.6 is 11.6 Å². The van der Waals surface area contributed by atoms with Crippen molar-refractivity contribution in [3.8, 4) is 11.5 Å². The van der Waals surface area contributed by atoms with Gasteiger partial charge in [0.15, 0.2) is 23.4 Å². The van der Waals surface area contributed by atoms with E-state index in [2.05, 4.69) is 5.32 Å². The molecule has 0 heterocycles. The van der Waals surface area contributed by atoms with Crippen LogP contribution in [-0.2, 0) is 9.53 Å². The average Bonchev–Trinajstić information content (AvgIpc) is 2.72. The number of amides is 1. The lowest BCUT2D eigenvalue weighted by Crippen LogP contribution is -2.30. The van der Waals surface area contributed by atoms with Gasteiger partial charge in [-0.05, 0) is 56.7 Å². The molecule has 7 nitrogen and oxygen atoms in total. The van der Waals surface area contributed by atoms with E-state index in [1.54, 1.807) is 24.3 Å². The summed E-state index contributed by atoms with van der Waals surface area (Å²) < 4.78 is 16.1. The number of anilines is 1. The van der Waals surface area contributed by atoms with Gasteiger partial charge in [0.1, 0.15) is 0 Å². The van der Waals surface area contributed by atoms with Gasteiger partial charge in [0.2, 0.25) is 0 Å². The summed E-state index contributed by atoms with van der Waals surface area (Å²) in [5.41, 5.74) is 1.14. The lowest BCUT2D eigenvalue weighted by molar-refractivity contribution is -0.123. The number of benzene rings is 2. The van der Waals surface area contributed by atoms with Crippen molar-refractivity contribution < 1.29 is 28.6 Å². The smallest absolute Gasteiger partial charge is 0.339 e. The van der Waals surface area contributed by atoms with Gasteiger partial charge in [0.25, 0.3) is 5.91 Å². The van der Waals surface area contributed by atoms with Gasteiger partial charge in [-0.25, -0.2) is 4.79 Å². The summed E-state index contributed by atoms with van der Waals surface area (Å²) in [6, 6.07) is 9.26. The molecule has 0 fully saturated rings. The molecule has 0 spiro atoms. The van der Waals surface area contributed by atoms with Crippen molar-refractivity contribution >= 4 is 34.9 Å². The Bertz CT molecular complexity index is 926. The number of halogens is 1. The summed E-state index contributed by atoms with van der Waals surface area (Å²) in [7, 11) is 1.44. The predicted molar refractivity (Wildman–Crippen MR) is 114 cm³/mol. The highest BCUT2D eigenvalue weighted by molar-refractivity contribution is 6.32. The zero-order chi connectivity index (χ0) is 22.3. The number of esters is 1. The van der Waals surface area contributed by atoms with E-state index in [0.29, 0.717) is 29.4 Å². The second kappa shape index (κ2) is 10.6. The molecule has 2 aromatic rings. The van der Waals surface area contributed by atoms with E-state index < -0.39 is 18.0 Å². The molecule has 0 aliphatic carbocycles. The molecule has 8 heteroatoms. The monoisotopic (exact) mass is 433 g/mol. The van der Waals surface area contributed by atoms with E-state index >= 15 is 0 Å². The summed E-state index contributed by atoms with van der Waals surface area (Å²) in [5, 5.41) is 2.84. The number of Topliss-reactive ketones (excluding diaryl/α,β-unsaturated/α-hetero) is 1. The fraction of sp³-hybridized carbons (Fsp3) is 0.318. The van der Waals surface area contributed by atoms with E-state index in [9.17, 15) is 14.4 Å². The summed E-state index contributed by atoms with van der Waals surface area (Å²) in [6.45, 7) is 5.31. The van der Waals surface area contributed by atoms with Crippen LogP contribution < -0.4 is 14.8 Å². The second-order valence-corrected chi connectivity index (χ2v) is 6.92. The largest absolute Gasteiger partial charge is 0.493 e. The van der Waals surface area contributed by atoms with Gasteiger partial charge in [-0.1, -0.05) is 18.5 Å². The van der Waals surface area contributed by atoms with Crippen molar-refractivity contribution in [3.63, 3.8) is 0 Å². The highest BCUT2D eigenvalue weighted by Crippen LogP contribution is 2.36. The van der Waals surface area contributed by atoms with Crippen molar-refractivity contribution in [2.24, 2.45) is 0 Å². The van der Waals surface area contributed by atoms with E-state index in [-0.39, 0.29) is 16.4 Å². The van der Waals surface area contributed by atoms with Gasteiger partial charge in [-0.15, -0.1) is 0 Å². The molecule has 2 aromatic carbocycles. The van der Waals surface area contributed by atoms with E-state index in [4.69, 9.17) is 25.8 Å². The van der Waals surface area contributed by atoms with Crippen LogP contribution in [-0.4, -0.2) is 37.5 Å². The first kappa shape index (κ1) is 23.2. The Morgan fingerprint density at radius 2 is 1.77 bits per heavy atom. The molecule has 1 N–H and O–H groups in total. The van der Waals surface area contributed by atoms with Crippen LogP contribution in [0.5, 0.6) is 11.5 Å². The first-order valence-corrected chi connectivity index (χ1v) is 9.77. The van der Waals surface area contributed by atoms with Crippen LogP contribution in [0.4, 0.5) is 5.69 Å². The predicted octanol–water partition coefficient (Wildman–Crippen LogP) is 4.52. The van der Waals surface area contributed by atoms with Gasteiger partial charge in [0, 0.05) is 11.3 Å². The molecule has 160 valence electrons. The van der Waals surface area contributed by atoms with Crippen LogP contribution in [0.15, 0.2) is 36.4 Å². The van der Waals surface area contributed by atoms with Crippen LogP contribution in [0.25, 0.3) is 0 Å². The third-order valence-electron chi connectivity index (χ3n) is 4.13. The van der Waals surface area contributed by atoms with Crippen molar-refractivity contribution in [1.29, 1.82) is 0 Å². The summed E-state index contributed by atoms with van der Waals surface area (Å²) in [4.78, 5) is 36.1. The maximum atomic E-state index is 12.5. The summed E-state index contributed by atoms with van der Waals surface area (Å²) in [5.74, 6) is -0.676. The molecule has 0 saturated heterocycles. The number of ketones is 1. The maximum absolute atomic E-state index is 12.5. The lowest BCUT2D eigenvalue weighted by atomic mass is 10.1. The second-order valence-electron chi connectivity index (χ2n) is 6.51. The summed E-state index contributed by atoms with van der Waals surface area (Å²) in [6.07, 6.45) is -0.279. The number of carbonyl (C=O) groups excluding carboxylic acids is 3. The van der Waals surface area contributed by atoms with Crippen molar-refractivity contribution in [1.82, 2.24) is 0 Å². The Balaban J connectivity index is 2.06. The van der Waals surface area contributed by atoms with E-state index in [0.717, 1.165) is 6.42 Å². The third kappa shape index (κ3) is 5.97. The number of methoxy groups -OCH3 is 1. The van der Waals surface area contributed by atoms with Crippen LogP contribution in [0.2, 0.25) is 5.02 Å². The molecular formula is C22H24ClNO6. The number of rotatable bonds is 9. The number of hydrogen-bond donors (Lipinski definition) is 1. The molecule has 0 saturated carbocycles. The van der Waals surface area contributed by atoms with Crippen LogP contribution in [0.3, 0.4) is 0 Å². The Kier molecular flexibility index (Phi) is 8.24. The number of hydrogen-bond acceptors (Lipinski definition) is 6. The molecule has 1 amide bonds. The van der Waals surface area contributed by atoms with Gasteiger partial charge in [-0.3, -0.25) is 9.59 Å². The summed E-state index contributed by atoms with van der Waals surface area (Å²) >= 11 is 6.22. The molecule has 2 rings (SSSR count). The van der Waals surface area contributed by atoms with Gasteiger partial charge in [-0.2, -0.15) is 0 Å². The minimum absolute atomic E-state index is 0.0737. The van der Waals surface area contributed by atoms with Crippen molar-refractivity contribution in [3.05, 3.63) is 52.5 Å². The van der Waals surface area contributed by atoms with E-state index in [1.165, 1.54) is 33.1 Å². The quantitative estimate of drug-likeness (QED) is 0.461. The Morgan fingerprint density at radius 3 is 2.33 bits per heavy atom. The SMILES string of the molecule is CCCOc1c(Cl)cc(C(=O)OC(C)C(=O)Nc2ccc(C(C)=O)cc2)cc1OC. The number of nitrogens with one attached hydrogen (secondary N) is 1. The zero-order valence-electron chi connectivity index (χ0n) is 17.3. The zero-order valence-corrected chi connectivity index (χ0v) is 18.0. The topological polar surface area (TPSA) is 90.9 Å². The van der Waals surface area contributed by atoms with Crippen molar-refractivity contribution in [2.75, 3.05) is 19.0 Å². The minimum Gasteiger partial charge on any atom is -0.493 e. The van der Waals surface area contributed by atoms with Crippen LogP contribution in [0.1, 0.15) is 47.9 Å². The molecule has 1 unspecified atom stereocenters. The molecule has 0 radical (unpaired) electrons. The highest BCUT2D eigenvalue weighted by atomic mass is 35.5. The fourth-order valence-corrected chi connectivity index (χ4v) is 2.76. The molecule has 1 atom stereocenters. The molecule has 0 aliphatic heterocycles. The standard InChI is InChI=1S/C22H24ClNO6/c1-5-10-29-20-18(23)11-16(12-19(20)28-4)22(27)30-14(3)21(26)24-17-8-6-15(7-9-17)13(2)25/h6-9,11-12,14H,5,10H2,1-4H3,(H,24,26). The number of carbonyl (C=O) groups is 3. The Hall–Kier alpha value is -3.06. The molecular weight excluding hydrogens is 410 g/mol. The van der Waals surface area contributed by atoms with Gasteiger partial charge < -0.3 is 19.5 Å². The van der Waals surface area contributed by atoms with Gasteiger partial charge in [0.05, 0.1) is 24.3 Å². The fourth-order valence-electron chi connectivity index (χ4n) is 2.50. The normalized spacial score (nSPS) is 11.4. The van der Waals surface area contributed by atoms with Gasteiger partial charge >= 0.3 is 5.97 Å². The Morgan fingerprint density at radius 1 is 1.10 bits per heavy atom. The minimum atomic E-state index is -1.06. The maximum Gasteiger partial charge on any atom is 0.339 e. The first-order chi connectivity index (χ1) is 14.3. The Labute approximate surface area is 180 Å². The number of ether oxygens (including phenoxy) is 3. The lowest BCUT2D eigenvalue weighted by Gasteiger charge is -2.16. The van der Waals surface area contributed by atoms with E-state index in [1.807, 2.05) is 6.92 Å². The first-order valence-electron chi connectivity index (χ1n) is 9.40. The van der Waals surface area contributed by atoms with Crippen LogP contribution in [0, 0.1) is 0 Å². The molecule has 0 aliphatic rings. The third-order valence-corrected chi connectivity index (χ3v) is 4.41. The molecule has 30 heavy (non-hydrogen) atoms. The molecule has 0 aromatic heterocycles. The van der Waals surface area contributed by atoms with Crippen molar-refractivity contribution in [2.45, 2.75) is 33.3 Å². The molecule has 0 bridgehead atoms. The highest BCUT2D eigenvalue weighted by Gasteiger charge is 2.22. The average molecular weight is 434 g/mol.